The van der Waals surface area contributed by atoms with E-state index in [1.165, 1.54) is 0 Å². The molecule has 20 heavy (non-hydrogen) atoms. The van der Waals surface area contributed by atoms with Crippen LogP contribution in [-0.2, 0) is 9.53 Å². The molecule has 1 aromatic heterocycles. The highest BCUT2D eigenvalue weighted by atomic mass is 16.5. The highest BCUT2D eigenvalue weighted by Crippen LogP contribution is 2.20. The normalized spacial score (nSPS) is 10.1. The van der Waals surface area contributed by atoms with Crippen LogP contribution in [-0.4, -0.2) is 24.1 Å². The zero-order chi connectivity index (χ0) is 14.4. The van der Waals surface area contributed by atoms with Gasteiger partial charge >= 0.3 is 5.97 Å². The molecule has 0 spiro atoms. The fourth-order valence-electron chi connectivity index (χ4n) is 1.76. The van der Waals surface area contributed by atoms with Crippen LogP contribution < -0.4 is 11.1 Å². The first-order chi connectivity index (χ1) is 9.69. The maximum absolute atomic E-state index is 11.2. The Morgan fingerprint density at radius 2 is 2.00 bits per heavy atom. The number of nitrogens with two attached hydrogens (primary N) is 1. The summed E-state index contributed by atoms with van der Waals surface area (Å²) >= 11 is 0. The molecule has 0 aliphatic heterocycles. The molecule has 1 aromatic carbocycles. The zero-order valence-corrected chi connectivity index (χ0v) is 11.3. The van der Waals surface area contributed by atoms with Gasteiger partial charge in [-0.1, -0.05) is 18.2 Å². The summed E-state index contributed by atoms with van der Waals surface area (Å²) in [5.74, 6) is 0.223. The van der Waals surface area contributed by atoms with Gasteiger partial charge in [0.2, 0.25) is 0 Å². The van der Waals surface area contributed by atoms with Gasteiger partial charge in [-0.3, -0.25) is 4.79 Å². The number of nitrogens with zero attached hydrogens (tertiary/aromatic N) is 1. The lowest BCUT2D eigenvalue weighted by atomic mass is 10.1. The van der Waals surface area contributed by atoms with Crippen molar-refractivity contribution in [1.29, 1.82) is 0 Å². The summed E-state index contributed by atoms with van der Waals surface area (Å²) < 4.78 is 4.84. The van der Waals surface area contributed by atoms with Gasteiger partial charge in [0, 0.05) is 11.3 Å². The number of hydrogen-bond acceptors (Lipinski definition) is 5. The molecule has 1 heterocycles. The Morgan fingerprint density at radius 3 is 2.65 bits per heavy atom. The Bertz CT molecular complexity index is 582. The summed E-state index contributed by atoms with van der Waals surface area (Å²) in [4.78, 5) is 15.5. The SMILES string of the molecule is CCOC(=O)CNc1ccc(-c2cccc(N)n2)cc1. The van der Waals surface area contributed by atoms with Crippen LogP contribution in [0.25, 0.3) is 11.3 Å². The van der Waals surface area contributed by atoms with Crippen LogP contribution in [0, 0.1) is 0 Å². The van der Waals surface area contributed by atoms with Crippen molar-refractivity contribution in [3.05, 3.63) is 42.5 Å². The number of benzene rings is 1. The van der Waals surface area contributed by atoms with Crippen LogP contribution in [0.4, 0.5) is 11.5 Å². The average molecular weight is 271 g/mol. The Balaban J connectivity index is 2.01. The Hall–Kier alpha value is -2.56. The molecule has 0 atom stereocenters. The monoisotopic (exact) mass is 271 g/mol. The third-order valence-corrected chi connectivity index (χ3v) is 2.69. The van der Waals surface area contributed by atoms with Gasteiger partial charge in [-0.25, -0.2) is 4.98 Å². The summed E-state index contributed by atoms with van der Waals surface area (Å²) in [6.07, 6.45) is 0. The zero-order valence-electron chi connectivity index (χ0n) is 11.3. The molecule has 3 N–H and O–H groups in total. The van der Waals surface area contributed by atoms with E-state index in [1.54, 1.807) is 13.0 Å². The minimum absolute atomic E-state index is 0.156. The van der Waals surface area contributed by atoms with Gasteiger partial charge in [-0.05, 0) is 31.2 Å². The van der Waals surface area contributed by atoms with Crippen LogP contribution in [0.2, 0.25) is 0 Å². The molecular weight excluding hydrogens is 254 g/mol. The lowest BCUT2D eigenvalue weighted by molar-refractivity contribution is -0.140. The van der Waals surface area contributed by atoms with Crippen LogP contribution in [0.3, 0.4) is 0 Å². The number of nitrogen functional groups attached to an aromatic ring is 1. The Morgan fingerprint density at radius 1 is 1.25 bits per heavy atom. The van der Waals surface area contributed by atoms with Crippen LogP contribution in [0.5, 0.6) is 0 Å². The van der Waals surface area contributed by atoms with Crippen molar-refractivity contribution in [3.8, 4) is 11.3 Å². The van der Waals surface area contributed by atoms with Gasteiger partial charge in [-0.2, -0.15) is 0 Å². The predicted octanol–water partition coefficient (Wildman–Crippen LogP) is 2.31. The minimum atomic E-state index is -0.269. The second-order valence-electron chi connectivity index (χ2n) is 4.18. The summed E-state index contributed by atoms with van der Waals surface area (Å²) in [7, 11) is 0. The molecular formula is C15H17N3O2. The fraction of sp³-hybridized carbons (Fsp3) is 0.200. The van der Waals surface area contributed by atoms with E-state index in [-0.39, 0.29) is 12.5 Å². The van der Waals surface area contributed by atoms with E-state index in [4.69, 9.17) is 10.5 Å². The van der Waals surface area contributed by atoms with Gasteiger partial charge in [0.15, 0.2) is 0 Å². The number of hydrogen-bond donors (Lipinski definition) is 2. The van der Waals surface area contributed by atoms with E-state index < -0.39 is 0 Å². The third-order valence-electron chi connectivity index (χ3n) is 2.69. The number of aromatic nitrogens is 1. The number of anilines is 2. The highest BCUT2D eigenvalue weighted by Gasteiger charge is 2.02. The largest absolute Gasteiger partial charge is 0.465 e. The molecule has 0 aliphatic carbocycles. The first kappa shape index (κ1) is 13.9. The van der Waals surface area contributed by atoms with Crippen LogP contribution in [0.1, 0.15) is 6.92 Å². The van der Waals surface area contributed by atoms with Crippen molar-refractivity contribution >= 4 is 17.5 Å². The average Bonchev–Trinajstić information content (AvgIpc) is 2.46. The molecule has 104 valence electrons. The van der Waals surface area contributed by atoms with Crippen molar-refractivity contribution in [1.82, 2.24) is 4.98 Å². The van der Waals surface area contributed by atoms with E-state index in [2.05, 4.69) is 10.3 Å². The summed E-state index contributed by atoms with van der Waals surface area (Å²) in [6.45, 7) is 2.33. The number of carbonyl (C=O) groups excluding carboxylic acids is 1. The molecule has 0 saturated carbocycles. The summed E-state index contributed by atoms with van der Waals surface area (Å²) in [5.41, 5.74) is 8.31. The van der Waals surface area contributed by atoms with Crippen LogP contribution in [0.15, 0.2) is 42.5 Å². The minimum Gasteiger partial charge on any atom is -0.465 e. The van der Waals surface area contributed by atoms with E-state index in [1.807, 2.05) is 36.4 Å². The topological polar surface area (TPSA) is 77.2 Å². The molecule has 0 fully saturated rings. The smallest absolute Gasteiger partial charge is 0.325 e. The fourth-order valence-corrected chi connectivity index (χ4v) is 1.76. The van der Waals surface area contributed by atoms with Crippen molar-refractivity contribution in [3.63, 3.8) is 0 Å². The summed E-state index contributed by atoms with van der Waals surface area (Å²) in [5, 5.41) is 3.00. The van der Waals surface area contributed by atoms with Gasteiger partial charge in [0.25, 0.3) is 0 Å². The number of nitrogens with one attached hydrogen (secondary N) is 1. The van der Waals surface area contributed by atoms with E-state index in [9.17, 15) is 4.79 Å². The molecule has 0 unspecified atom stereocenters. The molecule has 0 saturated heterocycles. The predicted molar refractivity (Wildman–Crippen MR) is 79.2 cm³/mol. The van der Waals surface area contributed by atoms with Gasteiger partial charge in [0.1, 0.15) is 12.4 Å². The molecule has 0 amide bonds. The second kappa shape index (κ2) is 6.56. The van der Waals surface area contributed by atoms with Crippen molar-refractivity contribution in [2.45, 2.75) is 6.92 Å². The molecule has 0 aliphatic rings. The van der Waals surface area contributed by atoms with E-state index >= 15 is 0 Å². The van der Waals surface area contributed by atoms with Crippen molar-refractivity contribution in [2.24, 2.45) is 0 Å². The number of esters is 1. The van der Waals surface area contributed by atoms with E-state index in [0.29, 0.717) is 12.4 Å². The number of pyridine rings is 1. The standard InChI is InChI=1S/C15H17N3O2/c1-2-20-15(19)10-17-12-8-6-11(7-9-12)13-4-3-5-14(16)18-13/h3-9,17H,2,10H2,1H3,(H2,16,18). The summed E-state index contributed by atoms with van der Waals surface area (Å²) in [6, 6.07) is 13.1. The van der Waals surface area contributed by atoms with Crippen molar-refractivity contribution < 1.29 is 9.53 Å². The molecule has 0 bridgehead atoms. The number of carbonyl (C=O) groups is 1. The first-order valence-electron chi connectivity index (χ1n) is 6.41. The molecule has 0 radical (unpaired) electrons. The molecule has 5 heteroatoms. The number of rotatable bonds is 5. The maximum atomic E-state index is 11.2. The lowest BCUT2D eigenvalue weighted by Crippen LogP contribution is -2.16. The second-order valence-corrected chi connectivity index (χ2v) is 4.18. The van der Waals surface area contributed by atoms with Crippen LogP contribution >= 0.6 is 0 Å². The van der Waals surface area contributed by atoms with Crippen molar-refractivity contribution in [2.75, 3.05) is 24.2 Å². The third kappa shape index (κ3) is 3.71. The molecule has 2 aromatic rings. The maximum Gasteiger partial charge on any atom is 0.325 e. The quantitative estimate of drug-likeness (QED) is 0.816. The first-order valence-corrected chi connectivity index (χ1v) is 6.41. The highest BCUT2D eigenvalue weighted by molar-refractivity contribution is 5.75. The lowest BCUT2D eigenvalue weighted by Gasteiger charge is -2.07. The molecule has 5 nitrogen and oxygen atoms in total. The Kier molecular flexibility index (Phi) is 4.55. The van der Waals surface area contributed by atoms with Gasteiger partial charge in [0.05, 0.1) is 12.3 Å². The number of ether oxygens (including phenoxy) is 1. The Labute approximate surface area is 117 Å². The van der Waals surface area contributed by atoms with E-state index in [0.717, 1.165) is 16.9 Å². The molecule has 2 rings (SSSR count). The van der Waals surface area contributed by atoms with Gasteiger partial charge < -0.3 is 15.8 Å². The van der Waals surface area contributed by atoms with Gasteiger partial charge in [-0.15, -0.1) is 0 Å².